The first-order valence-corrected chi connectivity index (χ1v) is 6.33. The molecule has 0 bridgehead atoms. The zero-order chi connectivity index (χ0) is 12.3. The van der Waals surface area contributed by atoms with Gasteiger partial charge in [0.15, 0.2) is 0 Å². The van der Waals surface area contributed by atoms with Crippen molar-refractivity contribution >= 4 is 11.6 Å². The molecule has 1 fully saturated rings. The molecule has 17 heavy (non-hydrogen) atoms. The quantitative estimate of drug-likeness (QED) is 0.818. The molecule has 1 aromatic carbocycles. The van der Waals surface area contributed by atoms with Crippen LogP contribution in [0.3, 0.4) is 0 Å². The van der Waals surface area contributed by atoms with Crippen LogP contribution >= 0.6 is 11.6 Å². The molecule has 94 valence electrons. The standard InChI is InChI=1S/C13H18ClNO2/c1-9-6-10(14)2-5-13(9)17-8-12(16)7-15-11-3-4-11/h2,5-6,11-12,15-16H,3-4,7-8H2,1H3. The van der Waals surface area contributed by atoms with Gasteiger partial charge in [-0.2, -0.15) is 0 Å². The van der Waals surface area contributed by atoms with Gasteiger partial charge in [0.1, 0.15) is 18.5 Å². The molecule has 1 aromatic rings. The number of nitrogens with one attached hydrogen (secondary N) is 1. The Morgan fingerprint density at radius 3 is 2.94 bits per heavy atom. The van der Waals surface area contributed by atoms with E-state index in [1.54, 1.807) is 6.07 Å². The molecule has 1 atom stereocenters. The predicted molar refractivity (Wildman–Crippen MR) is 68.7 cm³/mol. The lowest BCUT2D eigenvalue weighted by Crippen LogP contribution is -2.32. The van der Waals surface area contributed by atoms with Crippen molar-refractivity contribution in [1.82, 2.24) is 5.32 Å². The van der Waals surface area contributed by atoms with Crippen LogP contribution in [0.15, 0.2) is 18.2 Å². The SMILES string of the molecule is Cc1cc(Cl)ccc1OCC(O)CNC1CC1. The number of aliphatic hydroxyl groups is 1. The highest BCUT2D eigenvalue weighted by molar-refractivity contribution is 6.30. The Balaban J connectivity index is 1.75. The van der Waals surface area contributed by atoms with E-state index in [0.29, 0.717) is 24.2 Å². The lowest BCUT2D eigenvalue weighted by Gasteiger charge is -2.14. The Kier molecular flexibility index (Phi) is 4.26. The van der Waals surface area contributed by atoms with Crippen molar-refractivity contribution in [1.29, 1.82) is 0 Å². The fourth-order valence-corrected chi connectivity index (χ4v) is 1.84. The summed E-state index contributed by atoms with van der Waals surface area (Å²) >= 11 is 5.86. The number of rotatable bonds is 6. The molecule has 4 heteroatoms. The van der Waals surface area contributed by atoms with E-state index in [0.717, 1.165) is 11.3 Å². The zero-order valence-electron chi connectivity index (χ0n) is 9.95. The fraction of sp³-hybridized carbons (Fsp3) is 0.538. The van der Waals surface area contributed by atoms with Gasteiger partial charge in [0, 0.05) is 17.6 Å². The number of aliphatic hydroxyl groups excluding tert-OH is 1. The molecule has 0 radical (unpaired) electrons. The first-order valence-electron chi connectivity index (χ1n) is 5.95. The average molecular weight is 256 g/mol. The lowest BCUT2D eigenvalue weighted by atomic mass is 10.2. The molecule has 0 aliphatic heterocycles. The van der Waals surface area contributed by atoms with Crippen LogP contribution in [0.5, 0.6) is 5.75 Å². The van der Waals surface area contributed by atoms with Gasteiger partial charge in [-0.05, 0) is 43.5 Å². The second-order valence-corrected chi connectivity index (χ2v) is 4.99. The molecule has 1 aliphatic carbocycles. The van der Waals surface area contributed by atoms with Crippen LogP contribution in [0.2, 0.25) is 5.02 Å². The number of hydrogen-bond donors (Lipinski definition) is 2. The number of hydrogen-bond acceptors (Lipinski definition) is 3. The molecule has 3 nitrogen and oxygen atoms in total. The minimum Gasteiger partial charge on any atom is -0.491 e. The Morgan fingerprint density at radius 1 is 1.53 bits per heavy atom. The topological polar surface area (TPSA) is 41.5 Å². The van der Waals surface area contributed by atoms with Gasteiger partial charge in [0.2, 0.25) is 0 Å². The van der Waals surface area contributed by atoms with Gasteiger partial charge < -0.3 is 15.2 Å². The molecule has 2 N–H and O–H groups in total. The summed E-state index contributed by atoms with van der Waals surface area (Å²) in [7, 11) is 0. The van der Waals surface area contributed by atoms with Crippen molar-refractivity contribution in [3.63, 3.8) is 0 Å². The van der Waals surface area contributed by atoms with Crippen LogP contribution in [0.1, 0.15) is 18.4 Å². The van der Waals surface area contributed by atoms with E-state index >= 15 is 0 Å². The molecule has 0 spiro atoms. The van der Waals surface area contributed by atoms with Gasteiger partial charge in [-0.25, -0.2) is 0 Å². The van der Waals surface area contributed by atoms with Crippen molar-refractivity contribution in [2.75, 3.05) is 13.2 Å². The Hall–Kier alpha value is -0.770. The van der Waals surface area contributed by atoms with Gasteiger partial charge in [-0.15, -0.1) is 0 Å². The maximum absolute atomic E-state index is 9.72. The van der Waals surface area contributed by atoms with Crippen molar-refractivity contribution in [3.8, 4) is 5.75 Å². The maximum Gasteiger partial charge on any atom is 0.122 e. The van der Waals surface area contributed by atoms with E-state index in [4.69, 9.17) is 16.3 Å². The molecule has 1 unspecified atom stereocenters. The first-order chi connectivity index (χ1) is 8.15. The Morgan fingerprint density at radius 2 is 2.29 bits per heavy atom. The number of aryl methyl sites for hydroxylation is 1. The summed E-state index contributed by atoms with van der Waals surface area (Å²) in [4.78, 5) is 0. The third-order valence-corrected chi connectivity index (χ3v) is 3.02. The molecule has 1 aliphatic rings. The summed E-state index contributed by atoms with van der Waals surface area (Å²) in [5.74, 6) is 0.778. The van der Waals surface area contributed by atoms with Crippen LogP contribution in [0.4, 0.5) is 0 Å². The van der Waals surface area contributed by atoms with Gasteiger partial charge in [-0.1, -0.05) is 11.6 Å². The minimum atomic E-state index is -0.467. The van der Waals surface area contributed by atoms with E-state index in [1.165, 1.54) is 12.8 Å². The maximum atomic E-state index is 9.72. The number of halogens is 1. The van der Waals surface area contributed by atoms with E-state index in [1.807, 2.05) is 19.1 Å². The largest absolute Gasteiger partial charge is 0.491 e. The van der Waals surface area contributed by atoms with Crippen molar-refractivity contribution in [2.45, 2.75) is 31.9 Å². The van der Waals surface area contributed by atoms with Crippen LogP contribution in [-0.2, 0) is 0 Å². The average Bonchev–Trinajstić information content (AvgIpc) is 3.09. The van der Waals surface area contributed by atoms with Crippen molar-refractivity contribution < 1.29 is 9.84 Å². The minimum absolute atomic E-state index is 0.308. The molecule has 1 saturated carbocycles. The first kappa shape index (κ1) is 12.7. The zero-order valence-corrected chi connectivity index (χ0v) is 10.7. The van der Waals surface area contributed by atoms with E-state index < -0.39 is 6.10 Å². The highest BCUT2D eigenvalue weighted by Crippen LogP contribution is 2.22. The number of ether oxygens (including phenoxy) is 1. The fourth-order valence-electron chi connectivity index (χ4n) is 1.61. The van der Waals surface area contributed by atoms with Crippen LogP contribution < -0.4 is 10.1 Å². The highest BCUT2D eigenvalue weighted by atomic mass is 35.5. The lowest BCUT2D eigenvalue weighted by molar-refractivity contribution is 0.106. The van der Waals surface area contributed by atoms with Gasteiger partial charge in [0.05, 0.1) is 0 Å². The third-order valence-electron chi connectivity index (χ3n) is 2.79. The molecule has 0 heterocycles. The summed E-state index contributed by atoms with van der Waals surface area (Å²) in [6.45, 7) is 2.84. The second kappa shape index (κ2) is 5.71. The van der Waals surface area contributed by atoms with Gasteiger partial charge >= 0.3 is 0 Å². The molecule has 0 saturated heterocycles. The smallest absolute Gasteiger partial charge is 0.122 e. The summed E-state index contributed by atoms with van der Waals surface area (Å²) in [5, 5.41) is 13.7. The predicted octanol–water partition coefficient (Wildman–Crippen LogP) is 2.14. The summed E-state index contributed by atoms with van der Waals surface area (Å²) in [5.41, 5.74) is 0.986. The van der Waals surface area contributed by atoms with E-state index in [9.17, 15) is 5.11 Å². The van der Waals surface area contributed by atoms with E-state index in [-0.39, 0.29) is 0 Å². The molecule has 0 amide bonds. The second-order valence-electron chi connectivity index (χ2n) is 4.56. The Labute approximate surface area is 107 Å². The normalized spacial score (nSPS) is 16.9. The number of benzene rings is 1. The summed E-state index contributed by atoms with van der Waals surface area (Å²) < 4.78 is 5.56. The molecule has 2 rings (SSSR count). The molecule has 0 aromatic heterocycles. The third kappa shape index (κ3) is 4.19. The van der Waals surface area contributed by atoms with Crippen molar-refractivity contribution in [3.05, 3.63) is 28.8 Å². The summed E-state index contributed by atoms with van der Waals surface area (Å²) in [6, 6.07) is 6.09. The van der Waals surface area contributed by atoms with Gasteiger partial charge in [0.25, 0.3) is 0 Å². The van der Waals surface area contributed by atoms with Crippen molar-refractivity contribution in [2.24, 2.45) is 0 Å². The Bertz CT molecular complexity index is 380. The van der Waals surface area contributed by atoms with Gasteiger partial charge in [-0.3, -0.25) is 0 Å². The monoisotopic (exact) mass is 255 g/mol. The van der Waals surface area contributed by atoms with Crippen LogP contribution in [0.25, 0.3) is 0 Å². The van der Waals surface area contributed by atoms with Crippen LogP contribution in [-0.4, -0.2) is 30.4 Å². The highest BCUT2D eigenvalue weighted by Gasteiger charge is 2.21. The molecular formula is C13H18ClNO2. The van der Waals surface area contributed by atoms with Crippen LogP contribution in [0, 0.1) is 6.92 Å². The molecular weight excluding hydrogens is 238 g/mol. The summed E-state index contributed by atoms with van der Waals surface area (Å²) in [6.07, 6.45) is 1.99. The van der Waals surface area contributed by atoms with E-state index in [2.05, 4.69) is 5.32 Å².